The first-order valence-electron chi connectivity index (χ1n) is 8.53. The van der Waals surface area contributed by atoms with E-state index in [1.807, 2.05) is 24.3 Å². The van der Waals surface area contributed by atoms with Crippen LogP contribution in [0.2, 0.25) is 0 Å². The molecule has 0 spiro atoms. The molecule has 0 radical (unpaired) electrons. The van der Waals surface area contributed by atoms with Crippen LogP contribution in [0.3, 0.4) is 0 Å². The highest BCUT2D eigenvalue weighted by atomic mass is 19.1. The Labute approximate surface area is 147 Å². The Hall–Kier alpha value is -2.62. The lowest BCUT2D eigenvalue weighted by molar-refractivity contribution is 0.551. The number of anilines is 1. The van der Waals surface area contributed by atoms with Crippen LogP contribution in [0.5, 0.6) is 0 Å². The molecule has 130 valence electrons. The molecule has 0 fully saturated rings. The molecule has 2 aromatic rings. The molecule has 3 N–H and O–H groups in total. The normalized spacial score (nSPS) is 17.6. The number of aromatic nitrogens is 1. The second-order valence-corrected chi connectivity index (χ2v) is 6.88. The molecule has 3 nitrogen and oxygen atoms in total. The van der Waals surface area contributed by atoms with Gasteiger partial charge in [0.05, 0.1) is 11.6 Å². The van der Waals surface area contributed by atoms with Gasteiger partial charge in [0.2, 0.25) is 0 Å². The lowest BCUT2D eigenvalue weighted by Gasteiger charge is -2.24. The molecule has 0 saturated carbocycles. The zero-order valence-electron chi connectivity index (χ0n) is 14.9. The minimum absolute atomic E-state index is 0.0373. The van der Waals surface area contributed by atoms with Crippen LogP contribution < -0.4 is 5.73 Å². The van der Waals surface area contributed by atoms with Gasteiger partial charge in [-0.15, -0.1) is 0 Å². The summed E-state index contributed by atoms with van der Waals surface area (Å²) >= 11 is 0. The molecule has 1 heterocycles. The Kier molecular flexibility index (Phi) is 4.38. The number of nitrogens with one attached hydrogen (secondary N) is 1. The van der Waals surface area contributed by atoms with Crippen molar-refractivity contribution in [3.05, 3.63) is 59.1 Å². The van der Waals surface area contributed by atoms with Crippen molar-refractivity contribution >= 4 is 28.9 Å². The summed E-state index contributed by atoms with van der Waals surface area (Å²) in [5.41, 5.74) is 11.3. The topological polar surface area (TPSA) is 54.8 Å². The summed E-state index contributed by atoms with van der Waals surface area (Å²) in [6.07, 6.45) is 7.38. The van der Waals surface area contributed by atoms with Crippen LogP contribution in [0.15, 0.2) is 42.3 Å². The number of hydrogen-bond donors (Lipinski definition) is 2. The van der Waals surface area contributed by atoms with E-state index in [9.17, 15) is 4.39 Å². The number of nitrogen functional groups attached to an aromatic ring is 1. The molecule has 1 aromatic carbocycles. The van der Waals surface area contributed by atoms with Crippen molar-refractivity contribution < 1.29 is 4.39 Å². The fraction of sp³-hybridized carbons (Fsp3) is 0.286. The minimum atomic E-state index is -0.146. The maximum Gasteiger partial charge on any atom is 0.121 e. The average Bonchev–Trinajstić information content (AvgIpc) is 2.89. The molecule has 1 aliphatic rings. The first-order chi connectivity index (χ1) is 11.9. The van der Waals surface area contributed by atoms with E-state index in [1.54, 1.807) is 13.0 Å². The number of rotatable bonds is 4. The molecule has 25 heavy (non-hydrogen) atoms. The first-order valence-corrected chi connectivity index (χ1v) is 8.53. The molecule has 0 saturated heterocycles. The maximum absolute atomic E-state index is 13.8. The van der Waals surface area contributed by atoms with Crippen molar-refractivity contribution in [1.29, 1.82) is 5.41 Å². The number of hydrogen-bond acceptors (Lipinski definition) is 2. The van der Waals surface area contributed by atoms with Crippen LogP contribution in [-0.4, -0.2) is 10.8 Å². The summed E-state index contributed by atoms with van der Waals surface area (Å²) in [6.45, 7) is 10.1. The van der Waals surface area contributed by atoms with Gasteiger partial charge in [-0.3, -0.25) is 0 Å². The molecule has 4 heteroatoms. The monoisotopic (exact) mass is 337 g/mol. The van der Waals surface area contributed by atoms with Gasteiger partial charge < -0.3 is 15.7 Å². The largest absolute Gasteiger partial charge is 0.398 e. The third-order valence-electron chi connectivity index (χ3n) is 4.88. The van der Waals surface area contributed by atoms with E-state index >= 15 is 0 Å². The van der Waals surface area contributed by atoms with Crippen LogP contribution >= 0.6 is 0 Å². The third kappa shape index (κ3) is 2.72. The van der Waals surface area contributed by atoms with E-state index in [1.165, 1.54) is 6.21 Å². The summed E-state index contributed by atoms with van der Waals surface area (Å²) in [7, 11) is 0. The molecule has 3 rings (SSSR count). The number of nitrogens with two attached hydrogens (primary N) is 1. The van der Waals surface area contributed by atoms with Gasteiger partial charge in [0, 0.05) is 34.1 Å². The van der Waals surface area contributed by atoms with Gasteiger partial charge in [0.1, 0.15) is 5.83 Å². The molecule has 0 amide bonds. The van der Waals surface area contributed by atoms with E-state index in [2.05, 4.69) is 25.0 Å². The lowest BCUT2D eigenvalue weighted by Crippen LogP contribution is -2.13. The van der Waals surface area contributed by atoms with Gasteiger partial charge in [-0.2, -0.15) is 0 Å². The van der Waals surface area contributed by atoms with Crippen molar-refractivity contribution in [3.8, 4) is 0 Å². The molecule has 1 aliphatic carbocycles. The molecule has 1 atom stereocenters. The Morgan fingerprint density at radius 1 is 1.40 bits per heavy atom. The van der Waals surface area contributed by atoms with Crippen LogP contribution in [-0.2, 0) is 0 Å². The van der Waals surface area contributed by atoms with Crippen LogP contribution in [0, 0.1) is 5.41 Å². The van der Waals surface area contributed by atoms with Gasteiger partial charge in [0.25, 0.3) is 0 Å². The van der Waals surface area contributed by atoms with Crippen molar-refractivity contribution in [2.75, 3.05) is 5.73 Å². The van der Waals surface area contributed by atoms with Gasteiger partial charge in [0.15, 0.2) is 0 Å². The summed E-state index contributed by atoms with van der Waals surface area (Å²) in [6, 6.07) is 3.91. The summed E-state index contributed by atoms with van der Waals surface area (Å²) in [5, 5.41) is 8.65. The molecule has 0 bridgehead atoms. The summed E-state index contributed by atoms with van der Waals surface area (Å²) < 4.78 is 16.1. The van der Waals surface area contributed by atoms with Crippen LogP contribution in [0.4, 0.5) is 10.1 Å². The Balaban J connectivity index is 2.38. The number of nitrogens with zero attached hydrogens (tertiary/aromatic N) is 1. The smallest absolute Gasteiger partial charge is 0.121 e. The summed E-state index contributed by atoms with van der Waals surface area (Å²) in [5.74, 6) is 0.127. The number of fused-ring (bicyclic) bond motifs is 1. The molecular formula is C21H24FN3. The third-order valence-corrected chi connectivity index (χ3v) is 4.88. The van der Waals surface area contributed by atoms with E-state index in [-0.39, 0.29) is 17.8 Å². The predicted octanol–water partition coefficient (Wildman–Crippen LogP) is 5.73. The fourth-order valence-corrected chi connectivity index (χ4v) is 3.72. The molecular weight excluding hydrogens is 313 g/mol. The van der Waals surface area contributed by atoms with Gasteiger partial charge in [-0.1, -0.05) is 32.6 Å². The van der Waals surface area contributed by atoms with E-state index in [4.69, 9.17) is 11.1 Å². The number of benzene rings is 1. The summed E-state index contributed by atoms with van der Waals surface area (Å²) in [4.78, 5) is 0. The highest BCUT2D eigenvalue weighted by Gasteiger charge is 2.24. The Bertz CT molecular complexity index is 928. The minimum Gasteiger partial charge on any atom is -0.398 e. The molecule has 1 aromatic heterocycles. The zero-order chi connectivity index (χ0) is 18.3. The highest BCUT2D eigenvalue weighted by Crippen LogP contribution is 2.39. The van der Waals surface area contributed by atoms with Gasteiger partial charge in [-0.25, -0.2) is 4.39 Å². The zero-order valence-corrected chi connectivity index (χ0v) is 14.9. The van der Waals surface area contributed by atoms with E-state index in [0.29, 0.717) is 23.2 Å². The van der Waals surface area contributed by atoms with Crippen molar-refractivity contribution in [2.24, 2.45) is 0 Å². The maximum atomic E-state index is 13.8. The van der Waals surface area contributed by atoms with E-state index in [0.717, 1.165) is 22.2 Å². The SMILES string of the molecule is C=Cc1c(C(C)C)n(C2C=C(C)C(F)=CC2)c2cc(C=N)c(N)cc12. The quantitative estimate of drug-likeness (QED) is 0.543. The highest BCUT2D eigenvalue weighted by molar-refractivity contribution is 5.99. The lowest BCUT2D eigenvalue weighted by atomic mass is 10.00. The van der Waals surface area contributed by atoms with Crippen molar-refractivity contribution in [1.82, 2.24) is 4.57 Å². The van der Waals surface area contributed by atoms with Crippen molar-refractivity contribution in [2.45, 2.75) is 39.2 Å². The van der Waals surface area contributed by atoms with Crippen molar-refractivity contribution in [3.63, 3.8) is 0 Å². The standard InChI is InChI=1S/C21H24FN3/c1-5-16-17-10-19(24)14(11-23)9-20(17)25(21(16)12(2)3)15-6-7-18(22)13(4)8-15/h5,7-12,15,23H,1,6,24H2,2-4H3. The van der Waals surface area contributed by atoms with Gasteiger partial charge >= 0.3 is 0 Å². The Morgan fingerprint density at radius 2 is 2.12 bits per heavy atom. The molecule has 0 aliphatic heterocycles. The van der Waals surface area contributed by atoms with E-state index < -0.39 is 0 Å². The number of halogens is 1. The second kappa shape index (κ2) is 6.36. The second-order valence-electron chi connectivity index (χ2n) is 6.88. The predicted molar refractivity (Wildman–Crippen MR) is 105 cm³/mol. The number of allylic oxidation sites excluding steroid dienone is 4. The Morgan fingerprint density at radius 3 is 2.68 bits per heavy atom. The fourth-order valence-electron chi connectivity index (χ4n) is 3.72. The van der Waals surface area contributed by atoms with Crippen LogP contribution in [0.25, 0.3) is 17.0 Å². The first kappa shape index (κ1) is 17.2. The van der Waals surface area contributed by atoms with Crippen LogP contribution in [0.1, 0.15) is 56.0 Å². The average molecular weight is 337 g/mol. The van der Waals surface area contributed by atoms with Gasteiger partial charge in [-0.05, 0) is 43.0 Å². The molecule has 1 unspecified atom stereocenters.